The number of unbranched alkanes of at least 4 members (excludes halogenated alkanes) is 24. The zero-order chi connectivity index (χ0) is 65.0. The molecule has 1 rings (SSSR count). The first-order valence-electron chi connectivity index (χ1n) is 32.7. The highest BCUT2D eigenvalue weighted by atomic mass is 31.2. The van der Waals surface area contributed by atoms with Gasteiger partial charge >= 0.3 is 25.7 Å². The van der Waals surface area contributed by atoms with Crippen LogP contribution in [-0.4, -0.2) is 167 Å². The van der Waals surface area contributed by atoms with Crippen LogP contribution in [0.2, 0.25) is 0 Å². The van der Waals surface area contributed by atoms with Gasteiger partial charge in [0.05, 0.1) is 32.0 Å². The number of aliphatic hydroxyl groups excluding tert-OH is 3. The van der Waals surface area contributed by atoms with E-state index in [1.54, 1.807) is 20.8 Å². The highest BCUT2D eigenvalue weighted by molar-refractivity contribution is 7.47. The van der Waals surface area contributed by atoms with Crippen molar-refractivity contribution in [3.63, 3.8) is 0 Å². The maximum atomic E-state index is 13.4. The summed E-state index contributed by atoms with van der Waals surface area (Å²) in [6.45, 7) is 9.27. The number of carbonyl (C=O) groups is 7. The molecule has 0 saturated carbocycles. The van der Waals surface area contributed by atoms with Gasteiger partial charge in [0.2, 0.25) is 23.6 Å². The molecule has 25 heteroatoms. The Morgan fingerprint density at radius 2 is 1.14 bits per heavy atom. The fraction of sp³-hybridized carbons (Fsp3) is 0.887. The number of hydrogen-bond donors (Lipinski definition) is 8. The lowest BCUT2D eigenvalue weighted by molar-refractivity contribution is -0.268. The van der Waals surface area contributed by atoms with Gasteiger partial charge in [-0.2, -0.15) is 0 Å². The van der Waals surface area contributed by atoms with Crippen LogP contribution >= 0.6 is 7.82 Å². The number of phosphoric acid groups is 1. The van der Waals surface area contributed by atoms with Crippen LogP contribution in [-0.2, 0) is 70.9 Å². The van der Waals surface area contributed by atoms with Gasteiger partial charge in [0.25, 0.3) is 0 Å². The first-order valence-corrected chi connectivity index (χ1v) is 34.2. The maximum Gasteiger partial charge on any atom is 0.472 e. The molecule has 0 radical (unpaired) electrons. The van der Waals surface area contributed by atoms with Crippen LogP contribution < -0.4 is 22.1 Å². The number of amides is 4. The van der Waals surface area contributed by atoms with Gasteiger partial charge in [-0.25, -0.2) is 4.57 Å². The van der Waals surface area contributed by atoms with Gasteiger partial charge in [0.1, 0.15) is 42.6 Å². The van der Waals surface area contributed by atoms with E-state index in [4.69, 9.17) is 44.2 Å². The Balaban J connectivity index is 2.79. The first kappa shape index (κ1) is 81.2. The first-order chi connectivity index (χ1) is 41.3. The van der Waals surface area contributed by atoms with Crippen molar-refractivity contribution in [1.82, 2.24) is 15.5 Å². The van der Waals surface area contributed by atoms with Crippen molar-refractivity contribution in [3.8, 4) is 0 Å². The summed E-state index contributed by atoms with van der Waals surface area (Å²) >= 11 is 0. The van der Waals surface area contributed by atoms with Crippen molar-refractivity contribution >= 4 is 49.4 Å². The molecule has 0 aliphatic carbocycles. The molecule has 10 N–H and O–H groups in total. The molecule has 0 aromatic heterocycles. The minimum Gasteiger partial charge on any atom is -0.462 e. The number of aliphatic hydroxyl groups is 3. The second-order valence-corrected chi connectivity index (χ2v) is 25.7. The molecule has 0 spiro atoms. The number of hydrogen-bond acceptors (Lipinski definition) is 19. The molecule has 24 nitrogen and oxygen atoms in total. The van der Waals surface area contributed by atoms with E-state index >= 15 is 0 Å². The monoisotopic (exact) mass is 1270 g/mol. The molecular weight excluding hydrogens is 1150 g/mol. The molecule has 0 aromatic rings. The summed E-state index contributed by atoms with van der Waals surface area (Å²) in [5.41, 5.74) is 10.8. The van der Waals surface area contributed by atoms with Gasteiger partial charge < -0.3 is 70.9 Å². The molecular formula is C62H116N5O19P. The number of ether oxygens (including phenoxy) is 5. The standard InChI is InChI=1S/C62H116N5O19P/c1-8-10-12-14-16-18-20-22-24-26-28-30-32-34-53(71)80-44-48(84-54(72)35-33-31-29-27-25-23-21-19-17-15-13-11-9-2)45-82-87(78,79)81-41-40-65-51(69)37-38-52(70)66-56-58(57(74)50(43-68)85-61(56)77)83-46(3)42-67(60(76)47(4)63)49(59(64)75)36-39-55(73)86-62(5,6)7/h46-50,56-58,61,68,74,77H,8-45,63H2,1-7H3,(H2,64,75)(H,65,69)(H,66,70)(H,78,79)/t46?,47-,48+,49+,50+,56+,57+,58+,61-/m0/s1. The number of esters is 3. The third-order valence-corrected chi connectivity index (χ3v) is 15.8. The van der Waals surface area contributed by atoms with E-state index in [0.29, 0.717) is 12.8 Å². The lowest BCUT2D eigenvalue weighted by atomic mass is 9.96. The molecule has 0 bridgehead atoms. The van der Waals surface area contributed by atoms with Crippen LogP contribution in [0.5, 0.6) is 0 Å². The topological polar surface area (TPSA) is 361 Å². The molecule has 1 heterocycles. The van der Waals surface area contributed by atoms with E-state index in [1.165, 1.54) is 123 Å². The van der Waals surface area contributed by atoms with Crippen molar-refractivity contribution < 1.29 is 91.1 Å². The Kier molecular flexibility index (Phi) is 44.8. The van der Waals surface area contributed by atoms with Crippen molar-refractivity contribution in [2.75, 3.05) is 39.5 Å². The van der Waals surface area contributed by atoms with E-state index in [2.05, 4.69) is 24.5 Å². The van der Waals surface area contributed by atoms with Crippen molar-refractivity contribution in [2.45, 2.75) is 314 Å². The van der Waals surface area contributed by atoms with Crippen LogP contribution in [0.15, 0.2) is 0 Å². The zero-order valence-corrected chi connectivity index (χ0v) is 54.9. The molecule has 1 fully saturated rings. The number of carbonyl (C=O) groups excluding carboxylic acids is 7. The van der Waals surface area contributed by atoms with Gasteiger partial charge in [-0.3, -0.25) is 42.6 Å². The summed E-state index contributed by atoms with van der Waals surface area (Å²) in [6, 6.07) is -3.98. The fourth-order valence-electron chi connectivity index (χ4n) is 10.1. The Bertz CT molecular complexity index is 1960. The van der Waals surface area contributed by atoms with E-state index in [9.17, 15) is 58.3 Å². The second kappa shape index (κ2) is 48.0. The van der Waals surface area contributed by atoms with Gasteiger partial charge in [-0.1, -0.05) is 168 Å². The van der Waals surface area contributed by atoms with Crippen LogP contribution in [0.1, 0.15) is 254 Å². The van der Waals surface area contributed by atoms with Crippen molar-refractivity contribution in [3.05, 3.63) is 0 Å². The van der Waals surface area contributed by atoms with Crippen LogP contribution in [0.4, 0.5) is 0 Å². The number of rotatable bonds is 53. The summed E-state index contributed by atoms with van der Waals surface area (Å²) in [6.07, 6.45) is 20.0. The highest BCUT2D eigenvalue weighted by Gasteiger charge is 2.47. The minimum atomic E-state index is -4.81. The quantitative estimate of drug-likeness (QED) is 0.0124. The second-order valence-electron chi connectivity index (χ2n) is 24.3. The maximum absolute atomic E-state index is 13.4. The molecule has 1 aliphatic rings. The molecule has 87 heavy (non-hydrogen) atoms. The molecule has 508 valence electrons. The lowest BCUT2D eigenvalue weighted by Gasteiger charge is -2.44. The lowest BCUT2D eigenvalue weighted by Crippen LogP contribution is -2.66. The molecule has 1 saturated heterocycles. The largest absolute Gasteiger partial charge is 0.472 e. The van der Waals surface area contributed by atoms with Crippen LogP contribution in [0.25, 0.3) is 0 Å². The SMILES string of the molecule is CCCCCCCCCCCCCCCC(=O)OC[C@H](COP(=O)(O)OCCNC(=O)CCC(=O)N[C@@H]1[C@@H](OC(C)CN(C(=O)[C@H](C)N)[C@H](CCC(=O)OC(C)(C)C)C(N)=O)[C@H](O)[C@@H](CO)O[C@@H]1O)OC(=O)CCCCCCCCCCCCCCC. The summed E-state index contributed by atoms with van der Waals surface area (Å²) in [4.78, 5) is 102. The number of nitrogens with one attached hydrogen (secondary N) is 2. The third kappa shape index (κ3) is 40.5. The van der Waals surface area contributed by atoms with Gasteiger partial charge in [0.15, 0.2) is 12.4 Å². The number of nitrogens with two attached hydrogens (primary N) is 2. The number of nitrogens with zero attached hydrogens (tertiary/aromatic N) is 1. The van der Waals surface area contributed by atoms with Crippen LogP contribution in [0.3, 0.4) is 0 Å². The molecule has 4 amide bonds. The fourth-order valence-corrected chi connectivity index (χ4v) is 10.8. The van der Waals surface area contributed by atoms with E-state index < -0.39 is 149 Å². The normalized spacial score (nSPS) is 19.0. The highest BCUT2D eigenvalue weighted by Crippen LogP contribution is 2.43. The van der Waals surface area contributed by atoms with E-state index in [1.807, 2.05) is 0 Å². The van der Waals surface area contributed by atoms with Gasteiger partial charge in [-0.15, -0.1) is 0 Å². The van der Waals surface area contributed by atoms with E-state index in [0.717, 1.165) is 49.8 Å². The summed E-state index contributed by atoms with van der Waals surface area (Å²) in [7, 11) is -4.81. The average molecular weight is 1270 g/mol. The molecule has 10 atom stereocenters. The zero-order valence-electron chi connectivity index (χ0n) is 54.0. The summed E-state index contributed by atoms with van der Waals surface area (Å²) in [5.74, 6) is -4.87. The van der Waals surface area contributed by atoms with Crippen molar-refractivity contribution in [2.24, 2.45) is 11.5 Å². The van der Waals surface area contributed by atoms with Gasteiger partial charge in [-0.05, 0) is 53.9 Å². The van der Waals surface area contributed by atoms with Crippen molar-refractivity contribution in [1.29, 1.82) is 0 Å². The molecule has 0 aromatic carbocycles. The minimum absolute atomic E-state index is 0.108. The van der Waals surface area contributed by atoms with Crippen LogP contribution in [0, 0.1) is 0 Å². The summed E-state index contributed by atoms with van der Waals surface area (Å²) in [5, 5.41) is 37.0. The predicted molar refractivity (Wildman–Crippen MR) is 329 cm³/mol. The average Bonchev–Trinajstić information content (AvgIpc) is 1.43. The third-order valence-electron chi connectivity index (χ3n) is 14.8. The van der Waals surface area contributed by atoms with Gasteiger partial charge in [0, 0.05) is 45.2 Å². The summed E-state index contributed by atoms with van der Waals surface area (Å²) < 4.78 is 50.9. The Morgan fingerprint density at radius 1 is 0.655 bits per heavy atom. The number of phosphoric ester groups is 1. The molecule has 1 aliphatic heterocycles. The Morgan fingerprint density at radius 3 is 1.61 bits per heavy atom. The van der Waals surface area contributed by atoms with E-state index in [-0.39, 0.29) is 38.8 Å². The molecule has 2 unspecified atom stereocenters. The Labute approximate surface area is 519 Å². The predicted octanol–water partition coefficient (Wildman–Crippen LogP) is 7.91. The Hall–Kier alpha value is -3.84. The smallest absolute Gasteiger partial charge is 0.462 e. The number of primary amides is 1.